The minimum absolute atomic E-state index is 0.370. The maximum absolute atomic E-state index is 8.00. The Morgan fingerprint density at radius 1 is 1.04 bits per heavy atom. The van der Waals surface area contributed by atoms with Crippen LogP contribution in [0.3, 0.4) is 0 Å². The molecule has 0 aromatic carbocycles. The maximum atomic E-state index is 8.00. The summed E-state index contributed by atoms with van der Waals surface area (Å²) in [5.74, 6) is 2.73. The molecule has 0 atom stereocenters. The number of nitrogen functional groups attached to an aromatic ring is 1. The molecular weight excluding hydrogens is 362 g/mol. The van der Waals surface area contributed by atoms with Crippen molar-refractivity contribution in [3.63, 3.8) is 0 Å². The lowest BCUT2D eigenvalue weighted by Crippen LogP contribution is -1.90. The van der Waals surface area contributed by atoms with Crippen LogP contribution >= 0.6 is 11.3 Å². The van der Waals surface area contributed by atoms with Crippen LogP contribution in [-0.4, -0.2) is 16.8 Å². The zero-order valence-electron chi connectivity index (χ0n) is 14.4. The topological polar surface area (TPSA) is 95.2 Å². The molecule has 0 amide bonds. The van der Waals surface area contributed by atoms with E-state index in [1.54, 1.807) is 23.7 Å². The summed E-state index contributed by atoms with van der Waals surface area (Å²) >= 11 is 1.64. The van der Waals surface area contributed by atoms with E-state index in [2.05, 4.69) is 15.3 Å². The molecule has 0 aliphatic heterocycles. The van der Waals surface area contributed by atoms with Gasteiger partial charge in [-0.2, -0.15) is 0 Å². The molecular formula is C20H15N3O3S. The molecule has 134 valence electrons. The number of carbonyl (C=O) groups is 1. The summed E-state index contributed by atoms with van der Waals surface area (Å²) in [6.07, 6.45) is 5.37. The van der Waals surface area contributed by atoms with Crippen molar-refractivity contribution >= 4 is 45.0 Å². The zero-order valence-corrected chi connectivity index (χ0v) is 15.2. The van der Waals surface area contributed by atoms with E-state index in [9.17, 15) is 0 Å². The van der Waals surface area contributed by atoms with Gasteiger partial charge in [0.15, 0.2) is 11.4 Å². The maximum Gasteiger partial charge on any atom is 0.177 e. The fourth-order valence-corrected chi connectivity index (χ4v) is 3.94. The van der Waals surface area contributed by atoms with E-state index in [0.29, 0.717) is 11.4 Å². The Morgan fingerprint density at radius 3 is 2.67 bits per heavy atom. The molecule has 0 fully saturated rings. The predicted molar refractivity (Wildman–Crippen MR) is 107 cm³/mol. The molecule has 5 aromatic heterocycles. The largest absolute Gasteiger partial charge is 0.461 e. The minimum atomic E-state index is 0.370. The molecule has 5 heterocycles. The van der Waals surface area contributed by atoms with Crippen molar-refractivity contribution in [3.8, 4) is 22.6 Å². The number of nitrogens with two attached hydrogens (primary N) is 1. The molecule has 5 rings (SSSR count). The fraction of sp³-hybridized carbons (Fsp3) is 0.0500. The highest BCUT2D eigenvalue weighted by atomic mass is 32.1. The number of rotatable bonds is 2. The first-order chi connectivity index (χ1) is 13.2. The molecule has 0 saturated carbocycles. The van der Waals surface area contributed by atoms with Gasteiger partial charge in [-0.05, 0) is 31.2 Å². The van der Waals surface area contributed by atoms with Crippen molar-refractivity contribution in [1.82, 2.24) is 9.97 Å². The Balaban J connectivity index is 0.000000872. The third kappa shape index (κ3) is 2.78. The van der Waals surface area contributed by atoms with Gasteiger partial charge in [-0.3, -0.25) is 4.98 Å². The SMILES string of the molecule is C=O.Cc1ccc(-c2cnc(N)c3oc(-c4csc5cnccc45)cc23)o1. The van der Waals surface area contributed by atoms with Gasteiger partial charge in [-0.1, -0.05) is 0 Å². The van der Waals surface area contributed by atoms with Crippen LogP contribution in [0, 0.1) is 6.92 Å². The lowest BCUT2D eigenvalue weighted by Gasteiger charge is -2.00. The van der Waals surface area contributed by atoms with Crippen molar-refractivity contribution in [3.05, 3.63) is 54.0 Å². The summed E-state index contributed by atoms with van der Waals surface area (Å²) < 4.78 is 13.0. The number of aromatic nitrogens is 2. The van der Waals surface area contributed by atoms with Crippen LogP contribution in [0.4, 0.5) is 5.82 Å². The molecule has 0 bridgehead atoms. The van der Waals surface area contributed by atoms with Crippen LogP contribution < -0.4 is 5.73 Å². The number of nitrogens with zero attached hydrogens (tertiary/aromatic N) is 2. The molecule has 6 nitrogen and oxygen atoms in total. The van der Waals surface area contributed by atoms with E-state index in [1.165, 1.54) is 0 Å². The number of anilines is 1. The number of furan rings is 2. The van der Waals surface area contributed by atoms with Gasteiger partial charge in [0.05, 0.1) is 4.70 Å². The predicted octanol–water partition coefficient (Wildman–Crippen LogP) is 5.07. The van der Waals surface area contributed by atoms with Crippen molar-refractivity contribution < 1.29 is 13.6 Å². The first-order valence-corrected chi connectivity index (χ1v) is 8.94. The van der Waals surface area contributed by atoms with Gasteiger partial charge in [-0.25, -0.2) is 4.98 Å². The van der Waals surface area contributed by atoms with Crippen molar-refractivity contribution in [1.29, 1.82) is 0 Å². The molecule has 2 N–H and O–H groups in total. The molecule has 0 aliphatic carbocycles. The van der Waals surface area contributed by atoms with E-state index in [1.807, 2.05) is 44.2 Å². The first-order valence-electron chi connectivity index (χ1n) is 8.06. The van der Waals surface area contributed by atoms with E-state index in [4.69, 9.17) is 19.4 Å². The van der Waals surface area contributed by atoms with Crippen LogP contribution in [0.15, 0.2) is 57.1 Å². The second kappa shape index (κ2) is 6.69. The van der Waals surface area contributed by atoms with Gasteiger partial charge in [-0.15, -0.1) is 11.3 Å². The Labute approximate surface area is 158 Å². The van der Waals surface area contributed by atoms with E-state index in [0.717, 1.165) is 43.9 Å². The van der Waals surface area contributed by atoms with E-state index < -0.39 is 0 Å². The van der Waals surface area contributed by atoms with Crippen LogP contribution in [0.1, 0.15) is 5.76 Å². The van der Waals surface area contributed by atoms with Crippen molar-refractivity contribution in [2.75, 3.05) is 5.73 Å². The number of hydrogen-bond donors (Lipinski definition) is 1. The Morgan fingerprint density at radius 2 is 1.89 bits per heavy atom. The Bertz CT molecular complexity index is 1250. The molecule has 5 aromatic rings. The average Bonchev–Trinajstić information content (AvgIpc) is 3.41. The zero-order chi connectivity index (χ0) is 19.0. The van der Waals surface area contributed by atoms with Gasteiger partial charge >= 0.3 is 0 Å². The lowest BCUT2D eigenvalue weighted by atomic mass is 10.1. The van der Waals surface area contributed by atoms with Gasteiger partial charge in [0.2, 0.25) is 0 Å². The van der Waals surface area contributed by atoms with Crippen LogP contribution in [0.25, 0.3) is 43.7 Å². The minimum Gasteiger partial charge on any atom is -0.461 e. The fourth-order valence-electron chi connectivity index (χ4n) is 3.03. The molecule has 0 unspecified atom stereocenters. The monoisotopic (exact) mass is 377 g/mol. The molecule has 27 heavy (non-hydrogen) atoms. The summed E-state index contributed by atoms with van der Waals surface area (Å²) in [6, 6.07) is 7.85. The molecule has 0 aliphatic rings. The average molecular weight is 377 g/mol. The number of hydrogen-bond acceptors (Lipinski definition) is 7. The van der Waals surface area contributed by atoms with Crippen LogP contribution in [0.2, 0.25) is 0 Å². The Hall–Kier alpha value is -3.45. The van der Waals surface area contributed by atoms with Gasteiger partial charge in [0, 0.05) is 45.9 Å². The van der Waals surface area contributed by atoms with E-state index in [-0.39, 0.29) is 0 Å². The molecule has 0 spiro atoms. The van der Waals surface area contributed by atoms with Crippen molar-refractivity contribution in [2.24, 2.45) is 0 Å². The summed E-state index contributed by atoms with van der Waals surface area (Å²) in [7, 11) is 0. The number of fused-ring (bicyclic) bond motifs is 2. The third-order valence-corrected chi connectivity index (χ3v) is 5.17. The summed E-state index contributed by atoms with van der Waals surface area (Å²) in [5.41, 5.74) is 8.52. The second-order valence-corrected chi connectivity index (χ2v) is 6.75. The van der Waals surface area contributed by atoms with Gasteiger partial charge in [0.25, 0.3) is 0 Å². The Kier molecular flexibility index (Phi) is 4.21. The number of thiophene rings is 1. The lowest BCUT2D eigenvalue weighted by molar-refractivity contribution is -0.0979. The highest BCUT2D eigenvalue weighted by Gasteiger charge is 2.18. The quantitative estimate of drug-likeness (QED) is 0.461. The third-order valence-electron chi connectivity index (χ3n) is 4.24. The van der Waals surface area contributed by atoms with E-state index >= 15 is 0 Å². The van der Waals surface area contributed by atoms with Gasteiger partial charge < -0.3 is 19.4 Å². The van der Waals surface area contributed by atoms with Crippen molar-refractivity contribution in [2.45, 2.75) is 6.92 Å². The normalized spacial score (nSPS) is 10.9. The molecule has 0 radical (unpaired) electrons. The number of pyridine rings is 2. The van der Waals surface area contributed by atoms with Crippen LogP contribution in [0.5, 0.6) is 0 Å². The smallest absolute Gasteiger partial charge is 0.177 e. The molecule has 0 saturated heterocycles. The number of carbonyl (C=O) groups excluding carboxylic acids is 1. The standard InChI is InChI=1S/C19H13N3O2S.CH2O/c1-10-2-3-15(23-10)13-7-22-19(20)18-12(13)6-16(24-18)14-9-25-17-8-21-5-4-11(14)17;1-2/h2-9H,1H3,(H2,20,22);1H2. The second-order valence-electron chi connectivity index (χ2n) is 5.84. The summed E-state index contributed by atoms with van der Waals surface area (Å²) in [6.45, 7) is 3.91. The summed E-state index contributed by atoms with van der Waals surface area (Å²) in [5, 5.41) is 4.08. The highest BCUT2D eigenvalue weighted by Crippen LogP contribution is 2.40. The number of aryl methyl sites for hydroxylation is 1. The highest BCUT2D eigenvalue weighted by molar-refractivity contribution is 7.17. The first kappa shape index (κ1) is 17.0. The van der Waals surface area contributed by atoms with Gasteiger partial charge in [0.1, 0.15) is 24.1 Å². The summed E-state index contributed by atoms with van der Waals surface area (Å²) in [4.78, 5) is 16.4. The molecule has 7 heteroatoms. The van der Waals surface area contributed by atoms with Crippen LogP contribution in [-0.2, 0) is 4.79 Å².